The molecule has 6 heteroatoms. The van der Waals surface area contributed by atoms with Crippen molar-refractivity contribution in [2.75, 3.05) is 38.5 Å². The Balaban J connectivity index is 1.41. The molecule has 6 nitrogen and oxygen atoms in total. The molecule has 1 saturated heterocycles. The van der Waals surface area contributed by atoms with Gasteiger partial charge in [0.15, 0.2) is 0 Å². The second kappa shape index (κ2) is 11.5. The average molecular weight is 463 g/mol. The van der Waals surface area contributed by atoms with Crippen LogP contribution in [0.5, 0.6) is 0 Å². The Bertz CT molecular complexity index is 978. The van der Waals surface area contributed by atoms with E-state index in [1.54, 1.807) is 0 Å². The number of rotatable bonds is 9. The van der Waals surface area contributed by atoms with Crippen LogP contribution in [0.3, 0.4) is 0 Å². The zero-order chi connectivity index (χ0) is 23.9. The number of hydrogen-bond acceptors (Lipinski definition) is 4. The van der Waals surface area contributed by atoms with Crippen LogP contribution in [0, 0.1) is 0 Å². The number of nitrogens with one attached hydrogen (secondary N) is 1. The van der Waals surface area contributed by atoms with Crippen LogP contribution in [-0.4, -0.2) is 65.8 Å². The molecule has 2 aromatic carbocycles. The van der Waals surface area contributed by atoms with Gasteiger partial charge in [0, 0.05) is 44.3 Å². The number of carbonyl (C=O) groups is 2. The number of benzene rings is 2. The van der Waals surface area contributed by atoms with Crippen molar-refractivity contribution in [1.29, 1.82) is 0 Å². The van der Waals surface area contributed by atoms with Gasteiger partial charge in [-0.25, -0.2) is 0 Å². The number of fused-ring (bicyclic) bond motifs is 1. The van der Waals surface area contributed by atoms with E-state index in [0.717, 1.165) is 43.7 Å². The maximum absolute atomic E-state index is 13.4. The summed E-state index contributed by atoms with van der Waals surface area (Å²) >= 11 is 0. The Morgan fingerprint density at radius 3 is 2.65 bits per heavy atom. The van der Waals surface area contributed by atoms with Crippen LogP contribution in [-0.2, 0) is 29.1 Å². The molecule has 1 unspecified atom stereocenters. The molecule has 1 atom stereocenters. The van der Waals surface area contributed by atoms with Crippen LogP contribution in [0.1, 0.15) is 49.3 Å². The van der Waals surface area contributed by atoms with E-state index in [2.05, 4.69) is 41.5 Å². The van der Waals surface area contributed by atoms with Crippen LogP contribution in [0.25, 0.3) is 0 Å². The lowest BCUT2D eigenvalue weighted by Gasteiger charge is -2.30. The molecule has 1 fully saturated rings. The fourth-order valence-electron chi connectivity index (χ4n) is 5.24. The van der Waals surface area contributed by atoms with Crippen molar-refractivity contribution in [3.8, 4) is 0 Å². The molecule has 0 saturated carbocycles. The third-order valence-corrected chi connectivity index (χ3v) is 7.32. The maximum atomic E-state index is 13.4. The summed E-state index contributed by atoms with van der Waals surface area (Å²) in [6.07, 6.45) is 4.83. The van der Waals surface area contributed by atoms with Crippen molar-refractivity contribution in [2.24, 2.45) is 0 Å². The van der Waals surface area contributed by atoms with E-state index in [1.165, 1.54) is 24.0 Å². The Morgan fingerprint density at radius 2 is 1.91 bits per heavy atom. The van der Waals surface area contributed by atoms with E-state index in [0.29, 0.717) is 25.6 Å². The Kier molecular flexibility index (Phi) is 8.22. The molecule has 2 aliphatic heterocycles. The zero-order valence-electron chi connectivity index (χ0n) is 20.6. The van der Waals surface area contributed by atoms with Gasteiger partial charge in [-0.3, -0.25) is 9.59 Å². The quantitative estimate of drug-likeness (QED) is 0.614. The fraction of sp³-hybridized carbons (Fsp3) is 0.500. The van der Waals surface area contributed by atoms with Crippen molar-refractivity contribution in [2.45, 2.75) is 58.2 Å². The third kappa shape index (κ3) is 5.98. The molecular weight excluding hydrogens is 424 g/mol. The zero-order valence-corrected chi connectivity index (χ0v) is 20.6. The van der Waals surface area contributed by atoms with Crippen LogP contribution in [0.2, 0.25) is 0 Å². The predicted molar refractivity (Wildman–Crippen MR) is 136 cm³/mol. The van der Waals surface area contributed by atoms with Crippen LogP contribution in [0.4, 0.5) is 5.69 Å². The molecule has 1 N–H and O–H groups in total. The first-order chi connectivity index (χ1) is 16.5. The van der Waals surface area contributed by atoms with Crippen molar-refractivity contribution >= 4 is 17.5 Å². The summed E-state index contributed by atoms with van der Waals surface area (Å²) in [4.78, 5) is 31.8. The first kappa shape index (κ1) is 24.3. The van der Waals surface area contributed by atoms with Crippen LogP contribution >= 0.6 is 0 Å². The van der Waals surface area contributed by atoms with Crippen molar-refractivity contribution in [1.82, 2.24) is 14.7 Å². The molecule has 4 rings (SSSR count). The number of likely N-dealkylation sites (tertiary alicyclic amines) is 1. The Morgan fingerprint density at radius 1 is 1.09 bits per heavy atom. The smallest absolute Gasteiger partial charge is 0.242 e. The highest BCUT2D eigenvalue weighted by molar-refractivity contribution is 5.81. The molecular formula is C28H38N4O2. The van der Waals surface area contributed by atoms with E-state index in [9.17, 15) is 9.59 Å². The van der Waals surface area contributed by atoms with Gasteiger partial charge in [0.2, 0.25) is 11.8 Å². The average Bonchev–Trinajstić information content (AvgIpc) is 3.29. The molecule has 0 radical (unpaired) electrons. The van der Waals surface area contributed by atoms with E-state index < -0.39 is 0 Å². The van der Waals surface area contributed by atoms with Gasteiger partial charge in [-0.2, -0.15) is 0 Å². The van der Waals surface area contributed by atoms with Gasteiger partial charge in [-0.1, -0.05) is 49.4 Å². The summed E-state index contributed by atoms with van der Waals surface area (Å²) in [5.41, 5.74) is 4.59. The Labute approximate surface area is 203 Å². The predicted octanol–water partition coefficient (Wildman–Crippen LogP) is 3.91. The monoisotopic (exact) mass is 462 g/mol. The molecule has 0 aromatic heterocycles. The first-order valence-corrected chi connectivity index (χ1v) is 12.7. The summed E-state index contributed by atoms with van der Waals surface area (Å²) < 4.78 is 0. The largest absolute Gasteiger partial charge is 0.376 e. The van der Waals surface area contributed by atoms with Crippen molar-refractivity contribution in [3.63, 3.8) is 0 Å². The minimum atomic E-state index is 0.126. The second-order valence-electron chi connectivity index (χ2n) is 9.58. The van der Waals surface area contributed by atoms with Gasteiger partial charge in [0.05, 0.1) is 6.54 Å². The van der Waals surface area contributed by atoms with Gasteiger partial charge >= 0.3 is 0 Å². The highest BCUT2D eigenvalue weighted by Crippen LogP contribution is 2.26. The molecule has 182 valence electrons. The van der Waals surface area contributed by atoms with Crippen LogP contribution < -0.4 is 5.32 Å². The standard InChI is InChI=1S/C28H38N4O2/c1-3-27(33)32-18-15-25-23(21-32)11-7-13-26(25)29-19-28(34)31(20-22-9-5-4-6-10-22)17-14-24-12-8-16-30(24)2/h4-7,9-11,13,24,29H,3,8,12,14-21H2,1-2H3. The first-order valence-electron chi connectivity index (χ1n) is 12.7. The van der Waals surface area contributed by atoms with Crippen molar-refractivity contribution in [3.05, 3.63) is 65.2 Å². The van der Waals surface area contributed by atoms with E-state index in [-0.39, 0.29) is 18.4 Å². The third-order valence-electron chi connectivity index (χ3n) is 7.32. The number of amides is 2. The van der Waals surface area contributed by atoms with Gasteiger partial charge in [0.25, 0.3) is 0 Å². The summed E-state index contributed by atoms with van der Waals surface area (Å²) in [5, 5.41) is 3.43. The van der Waals surface area contributed by atoms with E-state index >= 15 is 0 Å². The number of hydrogen-bond donors (Lipinski definition) is 1. The maximum Gasteiger partial charge on any atom is 0.242 e. The molecule has 2 aromatic rings. The molecule has 2 heterocycles. The van der Waals surface area contributed by atoms with Gasteiger partial charge in [-0.15, -0.1) is 0 Å². The summed E-state index contributed by atoms with van der Waals surface area (Å²) in [7, 11) is 2.19. The van der Waals surface area contributed by atoms with Gasteiger partial charge in [0.1, 0.15) is 0 Å². The minimum Gasteiger partial charge on any atom is -0.376 e. The van der Waals surface area contributed by atoms with Gasteiger partial charge < -0.3 is 20.0 Å². The van der Waals surface area contributed by atoms with Gasteiger partial charge in [-0.05, 0) is 62.0 Å². The topological polar surface area (TPSA) is 55.9 Å². The highest BCUT2D eigenvalue weighted by atomic mass is 16.2. The normalized spacial score (nSPS) is 17.9. The molecule has 2 aliphatic rings. The lowest BCUT2D eigenvalue weighted by atomic mass is 9.97. The van der Waals surface area contributed by atoms with Crippen molar-refractivity contribution < 1.29 is 9.59 Å². The SMILES string of the molecule is CCC(=O)N1CCc2c(cccc2NCC(=O)N(CCC2CCCN2C)Cc2ccccc2)C1. The van der Waals surface area contributed by atoms with E-state index in [1.807, 2.05) is 41.0 Å². The number of nitrogens with zero attached hydrogens (tertiary/aromatic N) is 3. The van der Waals surface area contributed by atoms with Crippen LogP contribution in [0.15, 0.2) is 48.5 Å². The number of carbonyl (C=O) groups excluding carboxylic acids is 2. The molecule has 2 amide bonds. The summed E-state index contributed by atoms with van der Waals surface area (Å²) in [6, 6.07) is 17.0. The second-order valence-corrected chi connectivity index (χ2v) is 9.58. The highest BCUT2D eigenvalue weighted by Gasteiger charge is 2.24. The molecule has 34 heavy (non-hydrogen) atoms. The Hall–Kier alpha value is -2.86. The fourth-order valence-corrected chi connectivity index (χ4v) is 5.24. The summed E-state index contributed by atoms with van der Waals surface area (Å²) in [6.45, 7) is 6.14. The molecule has 0 bridgehead atoms. The summed E-state index contributed by atoms with van der Waals surface area (Å²) in [5.74, 6) is 0.323. The van der Waals surface area contributed by atoms with E-state index in [4.69, 9.17) is 0 Å². The number of anilines is 1. The minimum absolute atomic E-state index is 0.126. The molecule has 0 aliphatic carbocycles. The lowest BCUT2D eigenvalue weighted by molar-refractivity contribution is -0.132. The molecule has 0 spiro atoms. The lowest BCUT2D eigenvalue weighted by Crippen LogP contribution is -2.39.